The molecule has 1 aromatic carbocycles. The first-order valence-corrected chi connectivity index (χ1v) is 9.76. The van der Waals surface area contributed by atoms with Crippen molar-refractivity contribution in [3.63, 3.8) is 0 Å². The molecule has 27 heavy (non-hydrogen) atoms. The Bertz CT molecular complexity index is 727. The molecule has 3 rings (SSSR count). The third-order valence-electron chi connectivity index (χ3n) is 5.42. The molecular weight excluding hydrogens is 364 g/mol. The molecule has 0 radical (unpaired) electrons. The van der Waals surface area contributed by atoms with Crippen molar-refractivity contribution >= 4 is 34.8 Å². The summed E-state index contributed by atoms with van der Waals surface area (Å²) < 4.78 is 5.62. The van der Waals surface area contributed by atoms with Crippen molar-refractivity contribution in [2.75, 3.05) is 5.32 Å². The highest BCUT2D eigenvalue weighted by molar-refractivity contribution is 7.80. The van der Waals surface area contributed by atoms with Crippen molar-refractivity contribution in [3.05, 3.63) is 24.3 Å². The Labute approximate surface area is 164 Å². The Morgan fingerprint density at radius 3 is 2.85 bits per heavy atom. The van der Waals surface area contributed by atoms with Gasteiger partial charge in [-0.05, 0) is 42.6 Å². The molecule has 0 saturated heterocycles. The molecule has 2 amide bonds. The van der Waals surface area contributed by atoms with Crippen LogP contribution in [0.25, 0.3) is 0 Å². The van der Waals surface area contributed by atoms with E-state index in [1.54, 1.807) is 18.2 Å². The molecule has 8 heteroatoms. The molecule has 146 valence electrons. The summed E-state index contributed by atoms with van der Waals surface area (Å²) in [5, 5.41) is 6.40. The minimum absolute atomic E-state index is 0.105. The molecule has 2 aliphatic rings. The third kappa shape index (κ3) is 4.88. The summed E-state index contributed by atoms with van der Waals surface area (Å²) in [5.41, 5.74) is 5.87. The smallest absolute Gasteiger partial charge is 0.266 e. The second-order valence-corrected chi connectivity index (χ2v) is 7.72. The van der Waals surface area contributed by atoms with Gasteiger partial charge in [-0.3, -0.25) is 20.4 Å². The predicted molar refractivity (Wildman–Crippen MR) is 107 cm³/mol. The average Bonchev–Trinajstić information content (AvgIpc) is 2.64. The molecule has 4 atom stereocenters. The SMILES string of the molecule is C[C@@H]1[C@H](C)CCC[C@@H]1NC(=S)NNC(=O)C[C@H]1Oc2ccccc2NC1=O. The number of benzene rings is 1. The molecule has 1 aromatic rings. The molecule has 0 unspecified atom stereocenters. The molecular formula is C19H26N4O3S. The van der Waals surface area contributed by atoms with E-state index in [0.29, 0.717) is 34.4 Å². The fourth-order valence-electron chi connectivity index (χ4n) is 3.56. The maximum Gasteiger partial charge on any atom is 0.266 e. The lowest BCUT2D eigenvalue weighted by Gasteiger charge is -2.35. The van der Waals surface area contributed by atoms with Crippen molar-refractivity contribution in [2.45, 2.75) is 51.7 Å². The Balaban J connectivity index is 1.44. The van der Waals surface area contributed by atoms with Gasteiger partial charge in [-0.2, -0.15) is 0 Å². The zero-order valence-electron chi connectivity index (χ0n) is 15.6. The number of anilines is 1. The Hall–Kier alpha value is -2.35. The lowest BCUT2D eigenvalue weighted by molar-refractivity contribution is -0.130. The summed E-state index contributed by atoms with van der Waals surface area (Å²) in [6.07, 6.45) is 2.50. The van der Waals surface area contributed by atoms with E-state index >= 15 is 0 Å². The monoisotopic (exact) mass is 390 g/mol. The van der Waals surface area contributed by atoms with E-state index in [1.807, 2.05) is 6.07 Å². The van der Waals surface area contributed by atoms with E-state index in [-0.39, 0.29) is 18.2 Å². The van der Waals surface area contributed by atoms with Crippen LogP contribution in [0.2, 0.25) is 0 Å². The van der Waals surface area contributed by atoms with Crippen LogP contribution in [-0.2, 0) is 9.59 Å². The van der Waals surface area contributed by atoms with Gasteiger partial charge in [-0.25, -0.2) is 0 Å². The number of amides is 2. The van der Waals surface area contributed by atoms with Crippen LogP contribution in [-0.4, -0.2) is 29.1 Å². The van der Waals surface area contributed by atoms with Crippen LogP contribution in [0.15, 0.2) is 24.3 Å². The fourth-order valence-corrected chi connectivity index (χ4v) is 3.77. The first-order chi connectivity index (χ1) is 12.9. The molecule has 0 bridgehead atoms. The third-order valence-corrected chi connectivity index (χ3v) is 5.64. The number of rotatable bonds is 3. The lowest BCUT2D eigenvalue weighted by atomic mass is 9.78. The van der Waals surface area contributed by atoms with E-state index in [9.17, 15) is 9.59 Å². The highest BCUT2D eigenvalue weighted by atomic mass is 32.1. The topological polar surface area (TPSA) is 91.5 Å². The van der Waals surface area contributed by atoms with Gasteiger partial charge >= 0.3 is 0 Å². The van der Waals surface area contributed by atoms with Crippen molar-refractivity contribution in [1.82, 2.24) is 16.2 Å². The number of hydrogen-bond acceptors (Lipinski definition) is 4. The van der Waals surface area contributed by atoms with Crippen LogP contribution in [0.3, 0.4) is 0 Å². The zero-order chi connectivity index (χ0) is 19.4. The largest absolute Gasteiger partial charge is 0.478 e. The number of hydrazine groups is 1. The van der Waals surface area contributed by atoms with Gasteiger partial charge in [0.1, 0.15) is 5.75 Å². The maximum absolute atomic E-state index is 12.2. The normalized spacial score (nSPS) is 26.8. The minimum atomic E-state index is -0.873. The Morgan fingerprint density at radius 1 is 1.26 bits per heavy atom. The fraction of sp³-hybridized carbons (Fsp3) is 0.526. The zero-order valence-corrected chi connectivity index (χ0v) is 16.4. The van der Waals surface area contributed by atoms with E-state index in [2.05, 4.69) is 35.3 Å². The quantitative estimate of drug-likeness (QED) is 0.467. The number of ether oxygens (including phenoxy) is 1. The molecule has 1 aliphatic carbocycles. The average molecular weight is 391 g/mol. The number of thiocarbonyl (C=S) groups is 1. The molecule has 0 aromatic heterocycles. The molecule has 1 fully saturated rings. The van der Waals surface area contributed by atoms with Gasteiger partial charge in [-0.1, -0.05) is 38.8 Å². The van der Waals surface area contributed by atoms with E-state index in [4.69, 9.17) is 17.0 Å². The van der Waals surface area contributed by atoms with Gasteiger partial charge in [-0.15, -0.1) is 0 Å². The van der Waals surface area contributed by atoms with E-state index in [1.165, 1.54) is 12.8 Å². The standard InChI is InChI=1S/C19H26N4O3S/c1-11-6-5-8-13(12(11)2)21-19(27)23-22-17(24)10-16-18(25)20-14-7-3-4-9-15(14)26-16/h3-4,7,9,11-13,16H,5-6,8,10H2,1-2H3,(H,20,25)(H,22,24)(H2,21,23,27)/t11-,12-,13+,16-/m1/s1. The molecule has 1 aliphatic heterocycles. The highest BCUT2D eigenvalue weighted by Crippen LogP contribution is 2.30. The first kappa shape index (κ1) is 19.4. The van der Waals surface area contributed by atoms with Gasteiger partial charge in [0, 0.05) is 6.04 Å². The summed E-state index contributed by atoms with van der Waals surface area (Å²) in [7, 11) is 0. The second kappa shape index (κ2) is 8.56. The number of fused-ring (bicyclic) bond motifs is 1. The minimum Gasteiger partial charge on any atom is -0.478 e. The van der Waals surface area contributed by atoms with Crippen molar-refractivity contribution in [1.29, 1.82) is 0 Å². The van der Waals surface area contributed by atoms with Gasteiger partial charge in [0.15, 0.2) is 11.2 Å². The number of hydrogen-bond donors (Lipinski definition) is 4. The van der Waals surface area contributed by atoms with Crippen LogP contribution < -0.4 is 26.2 Å². The van der Waals surface area contributed by atoms with Crippen LogP contribution in [0.5, 0.6) is 5.75 Å². The Morgan fingerprint density at radius 2 is 2.04 bits per heavy atom. The number of nitrogens with one attached hydrogen (secondary N) is 4. The molecule has 4 N–H and O–H groups in total. The van der Waals surface area contributed by atoms with E-state index < -0.39 is 6.10 Å². The van der Waals surface area contributed by atoms with Crippen molar-refractivity contribution in [3.8, 4) is 5.75 Å². The summed E-state index contributed by atoms with van der Waals surface area (Å²) in [6.45, 7) is 4.48. The molecule has 1 saturated carbocycles. The first-order valence-electron chi connectivity index (χ1n) is 9.36. The molecule has 1 heterocycles. The van der Waals surface area contributed by atoms with E-state index in [0.717, 1.165) is 6.42 Å². The maximum atomic E-state index is 12.2. The van der Waals surface area contributed by atoms with Gasteiger partial charge in [0.25, 0.3) is 5.91 Å². The summed E-state index contributed by atoms with van der Waals surface area (Å²) in [5.74, 6) is 1.02. The predicted octanol–water partition coefficient (Wildman–Crippen LogP) is 2.10. The number of carbonyl (C=O) groups is 2. The van der Waals surface area contributed by atoms with Crippen molar-refractivity contribution in [2.24, 2.45) is 11.8 Å². The second-order valence-electron chi connectivity index (χ2n) is 7.32. The van der Waals surface area contributed by atoms with Crippen molar-refractivity contribution < 1.29 is 14.3 Å². The summed E-state index contributed by atoms with van der Waals surface area (Å²) in [4.78, 5) is 24.2. The van der Waals surface area contributed by atoms with Crippen LogP contribution in [0.4, 0.5) is 5.69 Å². The number of carbonyl (C=O) groups excluding carboxylic acids is 2. The van der Waals surface area contributed by atoms with Crippen LogP contribution >= 0.6 is 12.2 Å². The van der Waals surface area contributed by atoms with Crippen LogP contribution in [0.1, 0.15) is 39.5 Å². The lowest BCUT2D eigenvalue weighted by Crippen LogP contribution is -2.53. The highest BCUT2D eigenvalue weighted by Gasteiger charge is 2.30. The van der Waals surface area contributed by atoms with Gasteiger partial charge in [0.2, 0.25) is 5.91 Å². The van der Waals surface area contributed by atoms with Gasteiger partial charge in [0.05, 0.1) is 12.1 Å². The Kier molecular flexibility index (Phi) is 6.15. The summed E-state index contributed by atoms with van der Waals surface area (Å²) >= 11 is 5.28. The van der Waals surface area contributed by atoms with Crippen LogP contribution in [0, 0.1) is 11.8 Å². The molecule has 7 nitrogen and oxygen atoms in total. The van der Waals surface area contributed by atoms with Gasteiger partial charge < -0.3 is 15.4 Å². The summed E-state index contributed by atoms with van der Waals surface area (Å²) in [6, 6.07) is 7.42. The molecule has 0 spiro atoms. The number of para-hydroxylation sites is 2.